The maximum absolute atomic E-state index is 12.8. The Morgan fingerprint density at radius 2 is 1.48 bits per heavy atom. The van der Waals surface area contributed by atoms with E-state index in [4.69, 9.17) is 15.2 Å². The summed E-state index contributed by atoms with van der Waals surface area (Å²) in [6.07, 6.45) is -0.227. The van der Waals surface area contributed by atoms with Gasteiger partial charge < -0.3 is 36.1 Å². The van der Waals surface area contributed by atoms with Gasteiger partial charge in [0.1, 0.15) is 0 Å². The maximum Gasteiger partial charge on any atom is 0.224 e. The number of anilines is 2. The van der Waals surface area contributed by atoms with Crippen molar-refractivity contribution in [3.05, 3.63) is 155 Å². The minimum Gasteiger partial charge on any atom is -0.397 e. The van der Waals surface area contributed by atoms with Gasteiger partial charge in [0, 0.05) is 44.0 Å². The zero-order valence-corrected chi connectivity index (χ0v) is 32.0. The number of nitrogen functional groups attached to an aromatic ring is 1. The summed E-state index contributed by atoms with van der Waals surface area (Å²) in [5.74, 6) is -0.310. The number of benzene rings is 5. The van der Waals surface area contributed by atoms with Crippen molar-refractivity contribution in [3.8, 4) is 11.1 Å². The van der Waals surface area contributed by atoms with Crippen LogP contribution in [0, 0.1) is 0 Å². The largest absolute Gasteiger partial charge is 0.397 e. The van der Waals surface area contributed by atoms with Crippen molar-refractivity contribution in [1.29, 1.82) is 0 Å². The molecule has 0 radical (unpaired) electrons. The van der Waals surface area contributed by atoms with E-state index in [1.165, 1.54) is 0 Å². The summed E-state index contributed by atoms with van der Waals surface area (Å²) in [7, 11) is 2.01. The Morgan fingerprint density at radius 1 is 0.821 bits per heavy atom. The van der Waals surface area contributed by atoms with Gasteiger partial charge in [-0.1, -0.05) is 115 Å². The van der Waals surface area contributed by atoms with Crippen LogP contribution in [0.4, 0.5) is 11.4 Å². The van der Waals surface area contributed by atoms with Crippen molar-refractivity contribution in [1.82, 2.24) is 10.2 Å². The van der Waals surface area contributed by atoms with Crippen LogP contribution in [-0.4, -0.2) is 52.7 Å². The standard InChI is InChI=1S/C46H52N4O6/c1-31(45(54)35-11-4-3-5-12-35)50(2)29-38-27-42(34-21-19-32(30-51)20-22-34)56-46(55-38)36-25-23-33(24-26-36)39-14-7-6-13-37(39)28-48-43(52)17-10-18-44(53)49-41-16-9-8-15-40(41)47/h3-9,11-16,19-26,31,38,42,45-46,51,54H,10,17-18,27-30,47H2,1-2H3,(H,48,52)(H,49,53)/t31-,38-,42+,45-,46+/m0/s1. The molecule has 0 spiro atoms. The highest BCUT2D eigenvalue weighted by molar-refractivity contribution is 5.94. The number of ether oxygens (including phenoxy) is 2. The number of rotatable bonds is 16. The lowest BCUT2D eigenvalue weighted by molar-refractivity contribution is -0.253. The van der Waals surface area contributed by atoms with E-state index in [0.717, 1.165) is 38.9 Å². The molecule has 292 valence electrons. The van der Waals surface area contributed by atoms with Gasteiger partial charge in [-0.05, 0) is 65.9 Å². The number of nitrogens with one attached hydrogen (secondary N) is 2. The third-order valence-electron chi connectivity index (χ3n) is 10.4. The number of aliphatic hydroxyl groups excluding tert-OH is 2. The summed E-state index contributed by atoms with van der Waals surface area (Å²) in [6, 6.07) is 40.5. The van der Waals surface area contributed by atoms with Gasteiger partial charge in [0.15, 0.2) is 6.29 Å². The second kappa shape index (κ2) is 19.5. The van der Waals surface area contributed by atoms with Crippen molar-refractivity contribution in [2.45, 2.75) is 76.4 Å². The second-order valence-electron chi connectivity index (χ2n) is 14.4. The molecule has 1 saturated heterocycles. The molecule has 5 aromatic rings. The molecule has 1 heterocycles. The molecule has 0 unspecified atom stereocenters. The van der Waals surface area contributed by atoms with Crippen LogP contribution in [0.5, 0.6) is 0 Å². The number of likely N-dealkylation sites (N-methyl/N-ethyl adjacent to an activating group) is 1. The van der Waals surface area contributed by atoms with Crippen molar-refractivity contribution in [3.63, 3.8) is 0 Å². The number of para-hydroxylation sites is 2. The van der Waals surface area contributed by atoms with E-state index >= 15 is 0 Å². The molecular formula is C46H52N4O6. The lowest BCUT2D eigenvalue weighted by Gasteiger charge is -2.39. The Hall–Kier alpha value is -5.36. The highest BCUT2D eigenvalue weighted by Gasteiger charge is 2.34. The van der Waals surface area contributed by atoms with Crippen LogP contribution in [0.25, 0.3) is 11.1 Å². The van der Waals surface area contributed by atoms with E-state index in [-0.39, 0.29) is 49.5 Å². The molecular weight excluding hydrogens is 705 g/mol. The van der Waals surface area contributed by atoms with E-state index in [1.54, 1.807) is 24.3 Å². The number of carbonyl (C=O) groups excluding carboxylic acids is 2. The third-order valence-corrected chi connectivity index (χ3v) is 10.4. The van der Waals surface area contributed by atoms with E-state index < -0.39 is 12.4 Å². The molecule has 6 N–H and O–H groups in total. The van der Waals surface area contributed by atoms with Gasteiger partial charge in [0.2, 0.25) is 11.8 Å². The molecule has 10 nitrogen and oxygen atoms in total. The summed E-state index contributed by atoms with van der Waals surface area (Å²) >= 11 is 0. The van der Waals surface area contributed by atoms with Crippen LogP contribution >= 0.6 is 0 Å². The van der Waals surface area contributed by atoms with E-state index in [0.29, 0.717) is 37.3 Å². The fourth-order valence-electron chi connectivity index (χ4n) is 6.98. The summed E-state index contributed by atoms with van der Waals surface area (Å²) in [6.45, 7) is 2.93. The van der Waals surface area contributed by atoms with Crippen LogP contribution < -0.4 is 16.4 Å². The average molecular weight is 757 g/mol. The number of amides is 2. The Balaban J connectivity index is 1.09. The predicted molar refractivity (Wildman–Crippen MR) is 219 cm³/mol. The fourth-order valence-corrected chi connectivity index (χ4v) is 6.98. The maximum atomic E-state index is 12.8. The zero-order chi connectivity index (χ0) is 39.4. The molecule has 5 aromatic carbocycles. The van der Waals surface area contributed by atoms with Gasteiger partial charge in [0.25, 0.3) is 0 Å². The first-order chi connectivity index (χ1) is 27.2. The molecule has 0 aliphatic carbocycles. The molecule has 1 fully saturated rings. The Morgan fingerprint density at radius 3 is 2.21 bits per heavy atom. The zero-order valence-electron chi connectivity index (χ0n) is 32.0. The third kappa shape index (κ3) is 10.7. The minimum absolute atomic E-state index is 0.0271. The molecule has 5 atom stereocenters. The molecule has 1 aliphatic rings. The Labute approximate surface area is 329 Å². The second-order valence-corrected chi connectivity index (χ2v) is 14.4. The monoisotopic (exact) mass is 756 g/mol. The first-order valence-corrected chi connectivity index (χ1v) is 19.2. The van der Waals surface area contributed by atoms with Gasteiger partial charge in [-0.2, -0.15) is 0 Å². The Bertz CT molecular complexity index is 2020. The molecule has 0 aromatic heterocycles. The smallest absolute Gasteiger partial charge is 0.224 e. The van der Waals surface area contributed by atoms with Gasteiger partial charge in [-0.3, -0.25) is 14.5 Å². The summed E-state index contributed by atoms with van der Waals surface area (Å²) < 4.78 is 13.2. The summed E-state index contributed by atoms with van der Waals surface area (Å²) in [4.78, 5) is 27.3. The predicted octanol–water partition coefficient (Wildman–Crippen LogP) is 7.45. The van der Waals surface area contributed by atoms with Crippen LogP contribution in [0.15, 0.2) is 127 Å². The number of aliphatic hydroxyl groups is 2. The fraction of sp³-hybridized carbons (Fsp3) is 0.304. The lowest BCUT2D eigenvalue weighted by atomic mass is 9.97. The number of nitrogens with zero attached hydrogens (tertiary/aromatic N) is 1. The van der Waals surface area contributed by atoms with Crippen molar-refractivity contribution in [2.75, 3.05) is 24.6 Å². The van der Waals surface area contributed by atoms with Crippen molar-refractivity contribution < 1.29 is 29.3 Å². The van der Waals surface area contributed by atoms with Gasteiger partial charge >= 0.3 is 0 Å². The molecule has 1 aliphatic heterocycles. The highest BCUT2D eigenvalue weighted by atomic mass is 16.7. The van der Waals surface area contributed by atoms with Crippen LogP contribution in [0.3, 0.4) is 0 Å². The SMILES string of the molecule is C[C@@H]([C@H](O)c1ccccc1)N(C)C[C@@H]1C[C@H](c2ccc(CO)cc2)O[C@H](c2ccc(-c3ccccc3CNC(=O)CCCC(=O)Nc3ccccc3N)cc2)O1. The first-order valence-electron chi connectivity index (χ1n) is 19.2. The molecule has 0 saturated carbocycles. The summed E-state index contributed by atoms with van der Waals surface area (Å²) in [5, 5.41) is 26.6. The molecule has 2 amide bonds. The van der Waals surface area contributed by atoms with Crippen molar-refractivity contribution >= 4 is 23.2 Å². The van der Waals surface area contributed by atoms with Gasteiger partial charge in [-0.15, -0.1) is 0 Å². The minimum atomic E-state index is -0.651. The van der Waals surface area contributed by atoms with Gasteiger partial charge in [0.05, 0.1) is 36.3 Å². The first kappa shape index (κ1) is 40.3. The number of hydrogen-bond donors (Lipinski definition) is 5. The van der Waals surface area contributed by atoms with E-state index in [1.807, 2.05) is 117 Å². The highest BCUT2D eigenvalue weighted by Crippen LogP contribution is 2.39. The Kier molecular flexibility index (Phi) is 14.0. The van der Waals surface area contributed by atoms with Crippen LogP contribution in [0.1, 0.15) is 78.9 Å². The molecule has 10 heteroatoms. The van der Waals surface area contributed by atoms with Gasteiger partial charge in [-0.25, -0.2) is 0 Å². The topological polar surface area (TPSA) is 146 Å². The molecule has 0 bridgehead atoms. The number of hydrogen-bond acceptors (Lipinski definition) is 8. The quantitative estimate of drug-likeness (QED) is 0.0653. The number of nitrogens with two attached hydrogens (primary N) is 1. The number of carbonyl (C=O) groups is 2. The normalized spacial score (nSPS) is 17.9. The lowest BCUT2D eigenvalue weighted by Crippen LogP contribution is -2.43. The summed E-state index contributed by atoms with van der Waals surface area (Å²) in [5.41, 5.74) is 13.5. The van der Waals surface area contributed by atoms with E-state index in [2.05, 4.69) is 15.5 Å². The molecule has 6 rings (SSSR count). The van der Waals surface area contributed by atoms with Crippen molar-refractivity contribution in [2.24, 2.45) is 0 Å². The van der Waals surface area contributed by atoms with E-state index in [9.17, 15) is 19.8 Å². The average Bonchev–Trinajstić information content (AvgIpc) is 3.23. The van der Waals surface area contributed by atoms with Crippen LogP contribution in [0.2, 0.25) is 0 Å². The van der Waals surface area contributed by atoms with Crippen LogP contribution in [-0.2, 0) is 32.2 Å². The molecule has 56 heavy (non-hydrogen) atoms.